The Hall–Kier alpha value is -4.89. The second-order valence-electron chi connectivity index (χ2n) is 10.2. The van der Waals surface area contributed by atoms with E-state index in [-0.39, 0.29) is 42.6 Å². The first-order valence-electron chi connectivity index (χ1n) is 13.3. The molecule has 1 aromatic carbocycles. The van der Waals surface area contributed by atoms with Crippen molar-refractivity contribution in [2.45, 2.75) is 57.8 Å². The van der Waals surface area contributed by atoms with Gasteiger partial charge < -0.3 is 48.5 Å². The summed E-state index contributed by atoms with van der Waals surface area (Å²) in [6, 6.07) is 0.774. The van der Waals surface area contributed by atoms with Gasteiger partial charge in [-0.1, -0.05) is 13.8 Å². The molecule has 16 heteroatoms. The fourth-order valence-corrected chi connectivity index (χ4v) is 4.22. The van der Waals surface area contributed by atoms with E-state index in [1.807, 2.05) is 0 Å². The Balaban J connectivity index is 2.49. The summed E-state index contributed by atoms with van der Waals surface area (Å²) in [4.78, 5) is 81.9. The van der Waals surface area contributed by atoms with E-state index in [0.717, 1.165) is 0 Å². The molecule has 2 rings (SSSR count). The summed E-state index contributed by atoms with van der Waals surface area (Å²) in [6.07, 6.45) is -0.325. The van der Waals surface area contributed by atoms with Crippen LogP contribution in [-0.4, -0.2) is 89.7 Å². The number of rotatable bonds is 7. The van der Waals surface area contributed by atoms with E-state index in [9.17, 15) is 33.9 Å². The number of benzene rings is 1. The Morgan fingerprint density at radius 2 is 1.74 bits per heavy atom. The molecular formula is C26H39N9O7. The van der Waals surface area contributed by atoms with Crippen LogP contribution in [0.4, 0.5) is 5.69 Å². The second kappa shape index (κ2) is 15.2. The topological polar surface area (TPSA) is 264 Å². The van der Waals surface area contributed by atoms with Crippen molar-refractivity contribution in [2.75, 3.05) is 25.9 Å². The van der Waals surface area contributed by atoms with Crippen molar-refractivity contribution in [1.82, 2.24) is 26.2 Å². The number of aliphatic imine (C=N–C) groups is 1. The number of likely N-dealkylation sites (N-methyl/N-ethyl adjacent to an activating group) is 1. The molecule has 1 aliphatic heterocycles. The zero-order valence-corrected chi connectivity index (χ0v) is 23.8. The quantitative estimate of drug-likeness (QED) is 0.0723. The summed E-state index contributed by atoms with van der Waals surface area (Å²) < 4.78 is 0. The third-order valence-corrected chi connectivity index (χ3v) is 6.58. The van der Waals surface area contributed by atoms with Gasteiger partial charge in [-0.25, -0.2) is 0 Å². The molecule has 5 amide bonds. The molecule has 0 aromatic heterocycles. The van der Waals surface area contributed by atoms with Crippen molar-refractivity contribution in [3.05, 3.63) is 29.3 Å². The highest BCUT2D eigenvalue weighted by molar-refractivity contribution is 5.99. The van der Waals surface area contributed by atoms with Gasteiger partial charge in [-0.15, -0.1) is 0 Å². The number of guanidine groups is 1. The van der Waals surface area contributed by atoms with Crippen molar-refractivity contribution in [1.29, 1.82) is 0 Å². The number of aliphatic carboxylic acids is 1. The molecule has 11 N–H and O–H groups in total. The van der Waals surface area contributed by atoms with Gasteiger partial charge in [0.2, 0.25) is 23.6 Å². The van der Waals surface area contributed by atoms with Crippen LogP contribution in [0.25, 0.3) is 0 Å². The third kappa shape index (κ3) is 9.64. The maximum absolute atomic E-state index is 13.6. The average Bonchev–Trinajstić information content (AvgIpc) is 2.91. The van der Waals surface area contributed by atoms with Gasteiger partial charge in [-0.3, -0.25) is 33.8 Å². The first-order chi connectivity index (χ1) is 19.7. The first-order valence-corrected chi connectivity index (χ1v) is 13.3. The lowest BCUT2D eigenvalue weighted by atomic mass is 9.99. The third-order valence-electron chi connectivity index (χ3n) is 6.58. The zero-order valence-electron chi connectivity index (χ0n) is 23.8. The highest BCUT2D eigenvalue weighted by Crippen LogP contribution is 2.17. The number of amides is 5. The van der Waals surface area contributed by atoms with Crippen LogP contribution in [-0.2, 0) is 30.5 Å². The number of carboxylic acid groups (broad SMARTS) is 1. The van der Waals surface area contributed by atoms with E-state index in [4.69, 9.17) is 17.2 Å². The average molecular weight is 590 g/mol. The molecule has 1 aliphatic rings. The summed E-state index contributed by atoms with van der Waals surface area (Å²) in [7, 11) is 1.40. The van der Waals surface area contributed by atoms with Crippen LogP contribution in [0.5, 0.6) is 0 Å². The number of hydrogen-bond donors (Lipinski definition) is 8. The Morgan fingerprint density at radius 1 is 1.07 bits per heavy atom. The molecule has 0 spiro atoms. The van der Waals surface area contributed by atoms with Gasteiger partial charge in [-0.05, 0) is 42.5 Å². The van der Waals surface area contributed by atoms with Gasteiger partial charge in [0.15, 0.2) is 5.96 Å². The van der Waals surface area contributed by atoms with Crippen LogP contribution in [0.1, 0.15) is 49.0 Å². The molecule has 2 bridgehead atoms. The van der Waals surface area contributed by atoms with Gasteiger partial charge in [0.05, 0.1) is 13.0 Å². The molecule has 0 unspecified atom stereocenters. The Labute approximate surface area is 242 Å². The van der Waals surface area contributed by atoms with Crippen LogP contribution >= 0.6 is 0 Å². The number of nitrogen functional groups attached to an aromatic ring is 1. The summed E-state index contributed by atoms with van der Waals surface area (Å²) in [5.41, 5.74) is 17.5. The van der Waals surface area contributed by atoms with Crippen molar-refractivity contribution in [3.8, 4) is 0 Å². The summed E-state index contributed by atoms with van der Waals surface area (Å²) in [6.45, 7) is 2.86. The van der Waals surface area contributed by atoms with Gasteiger partial charge in [0, 0.05) is 31.4 Å². The van der Waals surface area contributed by atoms with Crippen molar-refractivity contribution < 1.29 is 33.9 Å². The number of carbonyl (C=O) groups is 6. The molecule has 3 atom stereocenters. The van der Waals surface area contributed by atoms with Crippen LogP contribution in [0.15, 0.2) is 23.2 Å². The van der Waals surface area contributed by atoms with Crippen molar-refractivity contribution in [3.63, 3.8) is 0 Å². The minimum absolute atomic E-state index is 0.108. The number of hydrogen-bond acceptors (Lipinski definition) is 8. The molecule has 0 fully saturated rings. The highest BCUT2D eigenvalue weighted by atomic mass is 16.4. The molecule has 0 radical (unpaired) electrons. The number of nitrogens with two attached hydrogens (primary N) is 3. The van der Waals surface area contributed by atoms with Crippen molar-refractivity contribution >= 4 is 47.2 Å². The minimum atomic E-state index is -1.47. The maximum atomic E-state index is 13.6. The number of fused-ring (bicyclic) bond motifs is 2. The zero-order chi connectivity index (χ0) is 31.6. The Bertz CT molecular complexity index is 1230. The number of nitrogens with one attached hydrogen (secondary N) is 4. The SMILES string of the molecule is CC(C)[C@H]1NC(=O)c2ccc(N)c(c2)CNC(=O)[C@H](CC(=O)O)NC(=O)CNC(=O)[C@H](CCCN=C(N)N)N(C)C1=O. The van der Waals surface area contributed by atoms with Gasteiger partial charge >= 0.3 is 5.97 Å². The molecule has 230 valence electrons. The number of nitrogens with zero attached hydrogens (tertiary/aromatic N) is 2. The van der Waals surface area contributed by atoms with E-state index in [1.54, 1.807) is 13.8 Å². The Morgan fingerprint density at radius 3 is 2.36 bits per heavy atom. The monoisotopic (exact) mass is 589 g/mol. The van der Waals surface area contributed by atoms with E-state index >= 15 is 0 Å². The summed E-state index contributed by atoms with van der Waals surface area (Å²) in [5.74, 6) is -5.32. The number of anilines is 1. The molecule has 42 heavy (non-hydrogen) atoms. The lowest BCUT2D eigenvalue weighted by Crippen LogP contribution is -2.57. The number of carboxylic acids is 1. The van der Waals surface area contributed by atoms with E-state index < -0.39 is 66.6 Å². The fourth-order valence-electron chi connectivity index (χ4n) is 4.22. The van der Waals surface area contributed by atoms with Crippen molar-refractivity contribution in [2.24, 2.45) is 22.4 Å². The smallest absolute Gasteiger partial charge is 0.305 e. The van der Waals surface area contributed by atoms with E-state index in [0.29, 0.717) is 12.0 Å². The van der Waals surface area contributed by atoms with Gasteiger partial charge in [-0.2, -0.15) is 0 Å². The minimum Gasteiger partial charge on any atom is -0.481 e. The number of carbonyl (C=O) groups excluding carboxylic acids is 5. The predicted octanol–water partition coefficient (Wildman–Crippen LogP) is -2.39. The fraction of sp³-hybridized carbons (Fsp3) is 0.500. The van der Waals surface area contributed by atoms with E-state index in [2.05, 4.69) is 26.3 Å². The van der Waals surface area contributed by atoms with Crippen LogP contribution in [0, 0.1) is 5.92 Å². The van der Waals surface area contributed by atoms with Crippen LogP contribution in [0.3, 0.4) is 0 Å². The Kier molecular flexibility index (Phi) is 12.1. The summed E-state index contributed by atoms with van der Waals surface area (Å²) >= 11 is 0. The second-order valence-corrected chi connectivity index (χ2v) is 10.2. The first kappa shape index (κ1) is 33.3. The highest BCUT2D eigenvalue weighted by Gasteiger charge is 2.34. The normalized spacial score (nSPS) is 20.9. The molecule has 1 heterocycles. The molecule has 1 aromatic rings. The largest absolute Gasteiger partial charge is 0.481 e. The molecule has 16 nitrogen and oxygen atoms in total. The standard InChI is InChI=1S/C26H39N9O7/c1-13(2)21-25(42)35(3)18(5-4-8-30-26(28)29)24(41)32-12-19(36)33-17(10-20(37)38)23(40)31-11-15-9-14(22(39)34-21)6-7-16(15)27/h6-7,9,13,17-18,21H,4-5,8,10-12,27H2,1-3H3,(H,31,40)(H,32,41)(H,33,36)(H,34,39)(H,37,38)(H4,28,29,30)/t17-,18-,21+/m0/s1. The van der Waals surface area contributed by atoms with Gasteiger partial charge in [0.1, 0.15) is 18.1 Å². The summed E-state index contributed by atoms with van der Waals surface area (Å²) in [5, 5.41) is 19.2. The molecule has 0 aliphatic carbocycles. The maximum Gasteiger partial charge on any atom is 0.305 e. The van der Waals surface area contributed by atoms with E-state index in [1.165, 1.54) is 30.1 Å². The molecule has 0 saturated heterocycles. The molecule has 0 saturated carbocycles. The van der Waals surface area contributed by atoms with Gasteiger partial charge in [0.25, 0.3) is 5.91 Å². The molecular weight excluding hydrogens is 550 g/mol. The lowest BCUT2D eigenvalue weighted by Gasteiger charge is -2.32. The van der Waals surface area contributed by atoms with Crippen LogP contribution < -0.4 is 38.5 Å². The van der Waals surface area contributed by atoms with Crippen LogP contribution in [0.2, 0.25) is 0 Å². The lowest BCUT2D eigenvalue weighted by molar-refractivity contribution is -0.142. The predicted molar refractivity (Wildman–Crippen MR) is 152 cm³/mol.